The fourth-order valence-corrected chi connectivity index (χ4v) is 4.02. The molecule has 1 aliphatic carbocycles. The van der Waals surface area contributed by atoms with Gasteiger partial charge in [-0.1, -0.05) is 36.2 Å². The number of ether oxygens (including phenoxy) is 2. The van der Waals surface area contributed by atoms with Crippen molar-refractivity contribution in [3.8, 4) is 5.88 Å². The van der Waals surface area contributed by atoms with E-state index in [1.165, 1.54) is 30.5 Å². The van der Waals surface area contributed by atoms with Crippen LogP contribution < -0.4 is 15.1 Å². The van der Waals surface area contributed by atoms with Gasteiger partial charge in [0.15, 0.2) is 5.82 Å². The SMILES string of the molecule is Cc1cccc(/C=N/Nc2cc(N3CCOCC3)cc(OCCN=C3CCCCC3)n2)c1. The van der Waals surface area contributed by atoms with Gasteiger partial charge in [-0.25, -0.2) is 0 Å². The number of nitrogens with zero attached hydrogens (tertiary/aromatic N) is 4. The Balaban J connectivity index is 1.42. The molecule has 170 valence electrons. The van der Waals surface area contributed by atoms with E-state index in [0.717, 1.165) is 50.4 Å². The summed E-state index contributed by atoms with van der Waals surface area (Å²) in [7, 11) is 0. The van der Waals surface area contributed by atoms with Gasteiger partial charge >= 0.3 is 0 Å². The van der Waals surface area contributed by atoms with Gasteiger partial charge in [-0.3, -0.25) is 10.4 Å². The molecule has 1 saturated carbocycles. The molecule has 2 fully saturated rings. The van der Waals surface area contributed by atoms with Gasteiger partial charge in [-0.15, -0.1) is 0 Å². The van der Waals surface area contributed by atoms with Gasteiger partial charge in [0.05, 0.1) is 26.0 Å². The van der Waals surface area contributed by atoms with Crippen LogP contribution in [0, 0.1) is 6.92 Å². The highest BCUT2D eigenvalue weighted by Crippen LogP contribution is 2.25. The Bertz CT molecular complexity index is 930. The fraction of sp³-hybridized carbons (Fsp3) is 0.480. The lowest BCUT2D eigenvalue weighted by Gasteiger charge is -2.29. The topological polar surface area (TPSA) is 71.3 Å². The average Bonchev–Trinajstić information content (AvgIpc) is 2.83. The minimum absolute atomic E-state index is 0.523. The number of hydrazone groups is 1. The number of aryl methyl sites for hydroxylation is 1. The molecule has 2 heterocycles. The number of rotatable bonds is 8. The van der Waals surface area contributed by atoms with Gasteiger partial charge < -0.3 is 14.4 Å². The molecule has 7 heteroatoms. The second-order valence-corrected chi connectivity index (χ2v) is 8.29. The maximum atomic E-state index is 5.98. The molecule has 1 saturated heterocycles. The average molecular weight is 436 g/mol. The lowest BCUT2D eigenvalue weighted by Crippen LogP contribution is -2.36. The van der Waals surface area contributed by atoms with Crippen LogP contribution in [0.3, 0.4) is 0 Å². The largest absolute Gasteiger partial charge is 0.476 e. The molecule has 0 bridgehead atoms. The summed E-state index contributed by atoms with van der Waals surface area (Å²) in [5, 5.41) is 4.38. The summed E-state index contributed by atoms with van der Waals surface area (Å²) in [5.41, 5.74) is 7.71. The van der Waals surface area contributed by atoms with Crippen LogP contribution in [0.1, 0.15) is 43.2 Å². The summed E-state index contributed by atoms with van der Waals surface area (Å²) in [6.45, 7) is 6.42. The lowest BCUT2D eigenvalue weighted by atomic mass is 9.99. The Labute approximate surface area is 190 Å². The Morgan fingerprint density at radius 1 is 1.12 bits per heavy atom. The first kappa shape index (κ1) is 22.3. The molecule has 1 aliphatic heterocycles. The van der Waals surface area contributed by atoms with Gasteiger partial charge in [0, 0.05) is 36.6 Å². The first-order chi connectivity index (χ1) is 15.8. The molecule has 1 N–H and O–H groups in total. The van der Waals surface area contributed by atoms with E-state index in [0.29, 0.717) is 24.8 Å². The van der Waals surface area contributed by atoms with Gasteiger partial charge in [-0.2, -0.15) is 10.1 Å². The zero-order chi connectivity index (χ0) is 22.0. The zero-order valence-corrected chi connectivity index (χ0v) is 18.9. The van der Waals surface area contributed by atoms with Crippen LogP contribution in [0.2, 0.25) is 0 Å². The van der Waals surface area contributed by atoms with E-state index in [2.05, 4.69) is 39.5 Å². The zero-order valence-electron chi connectivity index (χ0n) is 18.9. The van der Waals surface area contributed by atoms with Crippen LogP contribution in [0.5, 0.6) is 5.88 Å². The van der Waals surface area contributed by atoms with Crippen molar-refractivity contribution in [1.82, 2.24) is 4.98 Å². The number of anilines is 2. The van der Waals surface area contributed by atoms with Crippen molar-refractivity contribution in [1.29, 1.82) is 0 Å². The van der Waals surface area contributed by atoms with E-state index < -0.39 is 0 Å². The van der Waals surface area contributed by atoms with Crippen LogP contribution in [0.4, 0.5) is 11.5 Å². The minimum Gasteiger partial charge on any atom is -0.476 e. The Morgan fingerprint density at radius 2 is 1.97 bits per heavy atom. The Morgan fingerprint density at radius 3 is 2.78 bits per heavy atom. The lowest BCUT2D eigenvalue weighted by molar-refractivity contribution is 0.122. The summed E-state index contributed by atoms with van der Waals surface area (Å²) in [6.07, 6.45) is 7.93. The quantitative estimate of drug-likeness (QED) is 0.377. The first-order valence-corrected chi connectivity index (χ1v) is 11.6. The van der Waals surface area contributed by atoms with E-state index in [1.807, 2.05) is 24.3 Å². The molecule has 0 spiro atoms. The predicted molar refractivity (Wildman–Crippen MR) is 131 cm³/mol. The third kappa shape index (κ3) is 6.79. The van der Waals surface area contributed by atoms with Crippen molar-refractivity contribution < 1.29 is 9.47 Å². The monoisotopic (exact) mass is 435 g/mol. The van der Waals surface area contributed by atoms with Crippen molar-refractivity contribution in [2.45, 2.75) is 39.0 Å². The molecule has 0 radical (unpaired) electrons. The smallest absolute Gasteiger partial charge is 0.217 e. The molecule has 2 aliphatic rings. The molecule has 1 aromatic heterocycles. The number of benzene rings is 1. The number of morpholine rings is 1. The van der Waals surface area contributed by atoms with E-state index in [4.69, 9.17) is 14.5 Å². The molecule has 7 nitrogen and oxygen atoms in total. The third-order valence-electron chi connectivity index (χ3n) is 5.71. The molecule has 32 heavy (non-hydrogen) atoms. The molecule has 0 amide bonds. The molecule has 4 rings (SSSR count). The highest BCUT2D eigenvalue weighted by molar-refractivity contribution is 5.85. The highest BCUT2D eigenvalue weighted by atomic mass is 16.5. The standard InChI is InChI=1S/C25H33N5O2/c1-20-6-5-7-21(16-20)19-27-29-24-17-23(30-11-14-31-15-12-30)18-25(28-24)32-13-10-26-22-8-3-2-4-9-22/h5-7,16-19H,2-4,8-15H2,1H3,(H,28,29)/b27-19+. The number of aliphatic imine (C=N–C) groups is 1. The third-order valence-corrected chi connectivity index (χ3v) is 5.71. The summed E-state index contributed by atoms with van der Waals surface area (Å²) in [4.78, 5) is 11.6. The van der Waals surface area contributed by atoms with Gasteiger partial charge in [-0.05, 0) is 38.2 Å². The van der Waals surface area contributed by atoms with Crippen molar-refractivity contribution in [3.05, 3.63) is 47.5 Å². The maximum absolute atomic E-state index is 5.98. The van der Waals surface area contributed by atoms with Crippen LogP contribution >= 0.6 is 0 Å². The number of hydrogen-bond donors (Lipinski definition) is 1. The summed E-state index contributed by atoms with van der Waals surface area (Å²) in [5.74, 6) is 1.25. The molecule has 0 unspecified atom stereocenters. The number of aromatic nitrogens is 1. The van der Waals surface area contributed by atoms with E-state index in [-0.39, 0.29) is 0 Å². The van der Waals surface area contributed by atoms with E-state index in [1.54, 1.807) is 6.21 Å². The van der Waals surface area contributed by atoms with Crippen molar-refractivity contribution in [2.75, 3.05) is 49.8 Å². The normalized spacial score (nSPS) is 16.9. The predicted octanol–water partition coefficient (Wildman–Crippen LogP) is 4.46. The highest BCUT2D eigenvalue weighted by Gasteiger charge is 2.14. The van der Waals surface area contributed by atoms with Gasteiger partial charge in [0.2, 0.25) is 5.88 Å². The van der Waals surface area contributed by atoms with Gasteiger partial charge in [0.25, 0.3) is 0 Å². The van der Waals surface area contributed by atoms with Crippen LogP contribution in [-0.2, 0) is 4.74 Å². The molecular weight excluding hydrogens is 402 g/mol. The number of hydrogen-bond acceptors (Lipinski definition) is 7. The second-order valence-electron chi connectivity index (χ2n) is 8.29. The van der Waals surface area contributed by atoms with E-state index in [9.17, 15) is 0 Å². The summed E-state index contributed by atoms with van der Waals surface area (Å²) in [6, 6.07) is 12.2. The van der Waals surface area contributed by atoms with Crippen LogP contribution in [0.15, 0.2) is 46.5 Å². The number of pyridine rings is 1. The number of nitrogens with one attached hydrogen (secondary N) is 1. The Hall–Kier alpha value is -2.93. The molecule has 2 aromatic rings. The second kappa shape index (κ2) is 11.6. The maximum Gasteiger partial charge on any atom is 0.217 e. The Kier molecular flexibility index (Phi) is 8.09. The van der Waals surface area contributed by atoms with Crippen LogP contribution in [0.25, 0.3) is 0 Å². The summed E-state index contributed by atoms with van der Waals surface area (Å²) < 4.78 is 11.5. The van der Waals surface area contributed by atoms with Crippen molar-refractivity contribution >= 4 is 23.4 Å². The van der Waals surface area contributed by atoms with Gasteiger partial charge in [0.1, 0.15) is 6.61 Å². The molecular formula is C25H33N5O2. The minimum atomic E-state index is 0.523. The van der Waals surface area contributed by atoms with Crippen molar-refractivity contribution in [2.24, 2.45) is 10.1 Å². The molecule has 0 atom stereocenters. The summed E-state index contributed by atoms with van der Waals surface area (Å²) >= 11 is 0. The fourth-order valence-electron chi connectivity index (χ4n) is 4.02. The first-order valence-electron chi connectivity index (χ1n) is 11.6. The molecule has 1 aromatic carbocycles. The van der Waals surface area contributed by atoms with Crippen LogP contribution in [-0.4, -0.2) is 56.4 Å². The van der Waals surface area contributed by atoms with Crippen molar-refractivity contribution in [3.63, 3.8) is 0 Å². The van der Waals surface area contributed by atoms with E-state index >= 15 is 0 Å².